The number of quaternary nitrogens is 1. The number of halogens is 3. The molecule has 0 amide bonds. The fourth-order valence-electron chi connectivity index (χ4n) is 1.17. The van der Waals surface area contributed by atoms with E-state index in [9.17, 15) is 0 Å². The average molecular weight is 336 g/mol. The standard InChI is InChI=1S/C9H18BrClN.BrH/c1-5-6-12(3,4)7-9(10)8(2)11;/h5-7H2,1-4H3;1H/q+1;/p-1/b9-8+;. The van der Waals surface area contributed by atoms with Crippen LogP contribution >= 0.6 is 27.5 Å². The number of nitrogens with zero attached hydrogens (tertiary/aromatic N) is 1. The fraction of sp³-hybridized carbons (Fsp3) is 0.778. The zero-order valence-corrected chi connectivity index (χ0v) is 12.6. The molecule has 0 aromatic heterocycles. The lowest BCUT2D eigenvalue weighted by Crippen LogP contribution is -3.00. The third-order valence-electron chi connectivity index (χ3n) is 1.77. The quantitative estimate of drug-likeness (QED) is 0.650. The van der Waals surface area contributed by atoms with Crippen molar-refractivity contribution in [3.8, 4) is 0 Å². The summed E-state index contributed by atoms with van der Waals surface area (Å²) in [6.45, 7) is 6.27. The van der Waals surface area contributed by atoms with Crippen LogP contribution in [0.5, 0.6) is 0 Å². The van der Waals surface area contributed by atoms with Crippen molar-refractivity contribution in [3.63, 3.8) is 0 Å². The highest BCUT2D eigenvalue weighted by Gasteiger charge is 2.15. The van der Waals surface area contributed by atoms with Gasteiger partial charge in [-0.3, -0.25) is 0 Å². The van der Waals surface area contributed by atoms with Crippen molar-refractivity contribution in [3.05, 3.63) is 9.51 Å². The van der Waals surface area contributed by atoms with E-state index in [2.05, 4.69) is 36.9 Å². The van der Waals surface area contributed by atoms with Crippen LogP contribution in [0.1, 0.15) is 20.3 Å². The van der Waals surface area contributed by atoms with Crippen molar-refractivity contribution in [2.24, 2.45) is 0 Å². The van der Waals surface area contributed by atoms with Gasteiger partial charge in [-0.15, -0.1) is 0 Å². The number of hydrogen-bond acceptors (Lipinski definition) is 0. The normalized spacial score (nSPS) is 13.4. The van der Waals surface area contributed by atoms with Gasteiger partial charge in [0.25, 0.3) is 0 Å². The van der Waals surface area contributed by atoms with Crippen LogP contribution in [-0.4, -0.2) is 31.7 Å². The predicted molar refractivity (Wildman–Crippen MR) is 59.6 cm³/mol. The Labute approximate surface area is 106 Å². The molecule has 0 saturated carbocycles. The summed E-state index contributed by atoms with van der Waals surface area (Å²) in [6, 6.07) is 0. The summed E-state index contributed by atoms with van der Waals surface area (Å²) in [7, 11) is 4.43. The maximum Gasteiger partial charge on any atom is 0.112 e. The van der Waals surface area contributed by atoms with Crippen molar-refractivity contribution < 1.29 is 21.5 Å². The van der Waals surface area contributed by atoms with Gasteiger partial charge in [0, 0.05) is 5.03 Å². The lowest BCUT2D eigenvalue weighted by atomic mass is 10.3. The Bertz CT molecular complexity index is 174. The van der Waals surface area contributed by atoms with Gasteiger partial charge in [-0.2, -0.15) is 0 Å². The maximum atomic E-state index is 5.86. The molecule has 80 valence electrons. The minimum atomic E-state index is 0. The lowest BCUT2D eigenvalue weighted by molar-refractivity contribution is -0.884. The third-order valence-corrected chi connectivity index (χ3v) is 3.07. The Hall–Kier alpha value is 0.950. The minimum absolute atomic E-state index is 0. The van der Waals surface area contributed by atoms with Crippen LogP contribution in [0.15, 0.2) is 9.51 Å². The Kier molecular flexibility index (Phi) is 9.16. The summed E-state index contributed by atoms with van der Waals surface area (Å²) < 4.78 is 2.10. The molecule has 0 heterocycles. The molecule has 0 aliphatic heterocycles. The van der Waals surface area contributed by atoms with E-state index >= 15 is 0 Å². The Balaban J connectivity index is 0. The first kappa shape index (κ1) is 16.4. The maximum absolute atomic E-state index is 5.86. The number of rotatable bonds is 4. The molecular weight excluding hydrogens is 317 g/mol. The molecule has 0 bridgehead atoms. The minimum Gasteiger partial charge on any atom is -1.00 e. The van der Waals surface area contributed by atoms with Crippen LogP contribution in [0, 0.1) is 0 Å². The van der Waals surface area contributed by atoms with Crippen LogP contribution in [0.4, 0.5) is 0 Å². The van der Waals surface area contributed by atoms with Crippen LogP contribution in [-0.2, 0) is 0 Å². The molecule has 0 fully saturated rings. The SMILES string of the molecule is CCC[N+](C)(C)C/C(Br)=C(/C)Cl.[Br-]. The number of likely N-dealkylation sites (N-methyl/N-ethyl adjacent to an activating group) is 1. The van der Waals surface area contributed by atoms with E-state index < -0.39 is 0 Å². The first-order valence-corrected chi connectivity index (χ1v) is 5.39. The van der Waals surface area contributed by atoms with Crippen molar-refractivity contribution in [2.75, 3.05) is 27.2 Å². The summed E-state index contributed by atoms with van der Waals surface area (Å²) in [6.07, 6.45) is 1.20. The van der Waals surface area contributed by atoms with E-state index in [0.29, 0.717) is 0 Å². The fourth-order valence-corrected chi connectivity index (χ4v) is 1.91. The van der Waals surface area contributed by atoms with Crippen molar-refractivity contribution in [1.82, 2.24) is 0 Å². The Morgan fingerprint density at radius 3 is 2.15 bits per heavy atom. The van der Waals surface area contributed by atoms with E-state index in [-0.39, 0.29) is 17.0 Å². The first-order valence-electron chi connectivity index (χ1n) is 4.22. The number of hydrogen-bond donors (Lipinski definition) is 0. The molecule has 0 aliphatic rings. The Morgan fingerprint density at radius 1 is 1.38 bits per heavy atom. The van der Waals surface area contributed by atoms with E-state index in [1.54, 1.807) is 0 Å². The van der Waals surface area contributed by atoms with Gasteiger partial charge in [-0.25, -0.2) is 0 Å². The van der Waals surface area contributed by atoms with Crippen LogP contribution in [0.2, 0.25) is 0 Å². The van der Waals surface area contributed by atoms with Gasteiger partial charge in [0.1, 0.15) is 6.54 Å². The third kappa shape index (κ3) is 7.98. The molecule has 0 unspecified atom stereocenters. The number of allylic oxidation sites excluding steroid dienone is 1. The van der Waals surface area contributed by atoms with Crippen LogP contribution < -0.4 is 17.0 Å². The molecule has 0 atom stereocenters. The topological polar surface area (TPSA) is 0 Å². The Morgan fingerprint density at radius 2 is 1.85 bits per heavy atom. The van der Waals surface area contributed by atoms with Crippen molar-refractivity contribution in [2.45, 2.75) is 20.3 Å². The van der Waals surface area contributed by atoms with E-state index in [1.807, 2.05) is 6.92 Å². The highest BCUT2D eigenvalue weighted by molar-refractivity contribution is 9.11. The zero-order chi connectivity index (χ0) is 9.78. The van der Waals surface area contributed by atoms with Gasteiger partial charge >= 0.3 is 0 Å². The molecule has 0 spiro atoms. The van der Waals surface area contributed by atoms with E-state index in [0.717, 1.165) is 20.5 Å². The summed E-state index contributed by atoms with van der Waals surface area (Å²) in [5.41, 5.74) is 0. The van der Waals surface area contributed by atoms with Gasteiger partial charge in [-0.05, 0) is 29.3 Å². The van der Waals surface area contributed by atoms with Gasteiger partial charge in [0.05, 0.1) is 25.1 Å². The second-order valence-corrected chi connectivity index (χ2v) is 5.28. The molecule has 0 radical (unpaired) electrons. The van der Waals surface area contributed by atoms with Gasteiger partial charge < -0.3 is 21.5 Å². The molecule has 0 aromatic carbocycles. The largest absolute Gasteiger partial charge is 1.00 e. The summed E-state index contributed by atoms with van der Waals surface area (Å²) in [5.74, 6) is 0. The second-order valence-electron chi connectivity index (χ2n) is 3.76. The summed E-state index contributed by atoms with van der Waals surface area (Å²) in [5, 5.41) is 0.859. The molecule has 0 saturated heterocycles. The van der Waals surface area contributed by atoms with Gasteiger partial charge in [0.15, 0.2) is 0 Å². The van der Waals surface area contributed by atoms with Gasteiger partial charge in [0.2, 0.25) is 0 Å². The van der Waals surface area contributed by atoms with E-state index in [1.165, 1.54) is 13.0 Å². The van der Waals surface area contributed by atoms with Crippen LogP contribution in [0.3, 0.4) is 0 Å². The summed E-state index contributed by atoms with van der Waals surface area (Å²) >= 11 is 9.34. The first-order chi connectivity index (χ1) is 5.39. The lowest BCUT2D eigenvalue weighted by Gasteiger charge is -2.29. The van der Waals surface area contributed by atoms with Gasteiger partial charge in [-0.1, -0.05) is 18.5 Å². The van der Waals surface area contributed by atoms with Crippen molar-refractivity contribution >= 4 is 27.5 Å². The smallest absolute Gasteiger partial charge is 0.112 e. The van der Waals surface area contributed by atoms with Crippen molar-refractivity contribution in [1.29, 1.82) is 0 Å². The second kappa shape index (κ2) is 7.27. The molecule has 0 rings (SSSR count). The zero-order valence-electron chi connectivity index (χ0n) is 8.70. The van der Waals surface area contributed by atoms with Crippen LogP contribution in [0.25, 0.3) is 0 Å². The monoisotopic (exact) mass is 333 g/mol. The molecular formula is C9H18Br2ClN. The molecule has 4 heteroatoms. The highest BCUT2D eigenvalue weighted by atomic mass is 79.9. The predicted octanol–water partition coefficient (Wildman–Crippen LogP) is 0.342. The molecule has 1 nitrogen and oxygen atoms in total. The molecule has 0 aliphatic carbocycles. The summed E-state index contributed by atoms with van der Waals surface area (Å²) in [4.78, 5) is 0. The average Bonchev–Trinajstić information content (AvgIpc) is 1.85. The molecule has 0 aromatic rings. The molecule has 13 heavy (non-hydrogen) atoms. The highest BCUT2D eigenvalue weighted by Crippen LogP contribution is 2.18. The van der Waals surface area contributed by atoms with E-state index in [4.69, 9.17) is 11.6 Å². The molecule has 0 N–H and O–H groups in total.